The lowest BCUT2D eigenvalue weighted by atomic mass is 10.1. The van der Waals surface area contributed by atoms with Gasteiger partial charge in [-0.15, -0.1) is 0 Å². The Morgan fingerprint density at radius 2 is 2.00 bits per heavy atom. The number of hydrogen-bond donors (Lipinski definition) is 2. The number of carbonyl (C=O) groups is 1. The molecule has 0 radical (unpaired) electrons. The van der Waals surface area contributed by atoms with Crippen molar-refractivity contribution in [1.29, 1.82) is 0 Å². The lowest BCUT2D eigenvalue weighted by molar-refractivity contribution is 0.100. The van der Waals surface area contributed by atoms with Crippen LogP contribution in [0.4, 0.5) is 11.5 Å². The minimum atomic E-state index is -0.497. The van der Waals surface area contributed by atoms with E-state index in [0.29, 0.717) is 17.3 Å². The maximum atomic E-state index is 11.4. The van der Waals surface area contributed by atoms with Crippen molar-refractivity contribution in [3.05, 3.63) is 17.8 Å². The average Bonchev–Trinajstić information content (AvgIpc) is 2.98. The molecule has 3 heterocycles. The normalized spacial score (nSPS) is 23.4. The molecule has 21 heavy (non-hydrogen) atoms. The van der Waals surface area contributed by atoms with E-state index in [4.69, 9.17) is 11.5 Å². The Balaban J connectivity index is 1.71. The number of piperidine rings is 1. The molecule has 0 saturated carbocycles. The molecule has 0 aliphatic carbocycles. The zero-order valence-electron chi connectivity index (χ0n) is 12.3. The molecule has 2 aliphatic heterocycles. The SMILES string of the molecule is NC(=O)c1cc(N2CCC(N3CCCCC3)C2)ncc1N. The highest BCUT2D eigenvalue weighted by Gasteiger charge is 2.29. The number of nitrogen functional groups attached to an aromatic ring is 1. The van der Waals surface area contributed by atoms with E-state index in [1.54, 1.807) is 6.07 Å². The molecule has 6 heteroatoms. The second-order valence-corrected chi connectivity index (χ2v) is 5.98. The maximum Gasteiger partial charge on any atom is 0.250 e. The van der Waals surface area contributed by atoms with Gasteiger partial charge < -0.3 is 16.4 Å². The minimum Gasteiger partial charge on any atom is -0.397 e. The maximum absolute atomic E-state index is 11.4. The fraction of sp³-hybridized carbons (Fsp3) is 0.600. The van der Waals surface area contributed by atoms with E-state index in [2.05, 4.69) is 14.8 Å². The van der Waals surface area contributed by atoms with Crippen LogP contribution in [0.3, 0.4) is 0 Å². The lowest BCUT2D eigenvalue weighted by Crippen LogP contribution is -2.41. The van der Waals surface area contributed by atoms with Gasteiger partial charge in [-0.2, -0.15) is 0 Å². The largest absolute Gasteiger partial charge is 0.397 e. The smallest absolute Gasteiger partial charge is 0.250 e. The van der Waals surface area contributed by atoms with Gasteiger partial charge in [-0.1, -0.05) is 6.42 Å². The van der Waals surface area contributed by atoms with Gasteiger partial charge in [-0.05, 0) is 38.4 Å². The molecule has 1 aromatic heterocycles. The summed E-state index contributed by atoms with van der Waals surface area (Å²) in [6.45, 7) is 4.35. The van der Waals surface area contributed by atoms with E-state index >= 15 is 0 Å². The molecule has 1 atom stereocenters. The number of likely N-dealkylation sites (tertiary alicyclic amines) is 1. The summed E-state index contributed by atoms with van der Waals surface area (Å²) in [5, 5.41) is 0. The molecular weight excluding hydrogens is 266 g/mol. The third kappa shape index (κ3) is 2.95. The van der Waals surface area contributed by atoms with Gasteiger partial charge in [-0.25, -0.2) is 4.98 Å². The van der Waals surface area contributed by atoms with Gasteiger partial charge in [0.25, 0.3) is 5.91 Å². The molecule has 2 fully saturated rings. The highest BCUT2D eigenvalue weighted by atomic mass is 16.1. The van der Waals surface area contributed by atoms with Crippen molar-refractivity contribution < 1.29 is 4.79 Å². The summed E-state index contributed by atoms with van der Waals surface area (Å²) >= 11 is 0. The van der Waals surface area contributed by atoms with Gasteiger partial charge in [0.15, 0.2) is 0 Å². The van der Waals surface area contributed by atoms with Gasteiger partial charge in [0, 0.05) is 19.1 Å². The molecule has 0 spiro atoms. The average molecular weight is 289 g/mol. The first-order chi connectivity index (χ1) is 10.1. The minimum absolute atomic E-state index is 0.345. The van der Waals surface area contributed by atoms with Crippen LogP contribution in [0.2, 0.25) is 0 Å². The fourth-order valence-corrected chi connectivity index (χ4v) is 3.37. The number of amides is 1. The third-order valence-corrected chi connectivity index (χ3v) is 4.58. The van der Waals surface area contributed by atoms with Gasteiger partial charge in [0.1, 0.15) is 5.82 Å². The molecule has 6 nitrogen and oxygen atoms in total. The topological polar surface area (TPSA) is 88.5 Å². The first-order valence-electron chi connectivity index (χ1n) is 7.69. The summed E-state index contributed by atoms with van der Waals surface area (Å²) in [6, 6.07) is 2.32. The summed E-state index contributed by atoms with van der Waals surface area (Å²) in [7, 11) is 0. The Morgan fingerprint density at radius 3 is 2.71 bits per heavy atom. The number of carbonyl (C=O) groups excluding carboxylic acids is 1. The number of nitrogens with zero attached hydrogens (tertiary/aromatic N) is 3. The van der Waals surface area contributed by atoms with Crippen LogP contribution in [0.1, 0.15) is 36.0 Å². The first-order valence-corrected chi connectivity index (χ1v) is 7.69. The predicted octanol–water partition coefficient (Wildman–Crippen LogP) is 0.827. The van der Waals surface area contributed by atoms with Gasteiger partial charge in [0.05, 0.1) is 17.4 Å². The summed E-state index contributed by atoms with van der Waals surface area (Å²) in [5.41, 5.74) is 11.8. The summed E-state index contributed by atoms with van der Waals surface area (Å²) in [5.74, 6) is 0.306. The van der Waals surface area contributed by atoms with E-state index in [0.717, 1.165) is 25.3 Å². The number of primary amides is 1. The molecule has 0 bridgehead atoms. The van der Waals surface area contributed by atoms with E-state index in [1.807, 2.05) is 0 Å². The van der Waals surface area contributed by atoms with Crippen molar-refractivity contribution in [3.8, 4) is 0 Å². The Morgan fingerprint density at radius 1 is 1.24 bits per heavy atom. The second kappa shape index (κ2) is 5.89. The molecular formula is C15H23N5O. The van der Waals surface area contributed by atoms with E-state index in [-0.39, 0.29) is 0 Å². The molecule has 1 unspecified atom stereocenters. The van der Waals surface area contributed by atoms with Gasteiger partial charge >= 0.3 is 0 Å². The summed E-state index contributed by atoms with van der Waals surface area (Å²) in [6.07, 6.45) is 6.65. The number of aromatic nitrogens is 1. The van der Waals surface area contributed by atoms with E-state index in [9.17, 15) is 4.79 Å². The first kappa shape index (κ1) is 14.1. The summed E-state index contributed by atoms with van der Waals surface area (Å²) < 4.78 is 0. The molecule has 3 rings (SSSR count). The molecule has 114 valence electrons. The molecule has 1 amide bonds. The molecule has 2 aliphatic rings. The fourth-order valence-electron chi connectivity index (χ4n) is 3.37. The van der Waals surface area contributed by atoms with Crippen molar-refractivity contribution in [2.24, 2.45) is 5.73 Å². The van der Waals surface area contributed by atoms with Crippen LogP contribution < -0.4 is 16.4 Å². The van der Waals surface area contributed by atoms with Crippen LogP contribution in [0.15, 0.2) is 12.3 Å². The zero-order chi connectivity index (χ0) is 14.8. The molecule has 4 N–H and O–H groups in total. The lowest BCUT2D eigenvalue weighted by Gasteiger charge is -2.32. The molecule has 2 saturated heterocycles. The van der Waals surface area contributed by atoms with Crippen molar-refractivity contribution >= 4 is 17.4 Å². The van der Waals surface area contributed by atoms with Gasteiger partial charge in [-0.3, -0.25) is 9.69 Å². The number of nitrogens with two attached hydrogens (primary N) is 2. The second-order valence-electron chi connectivity index (χ2n) is 5.98. The van der Waals surface area contributed by atoms with Crippen molar-refractivity contribution in [2.45, 2.75) is 31.7 Å². The zero-order valence-corrected chi connectivity index (χ0v) is 12.3. The number of pyridine rings is 1. The van der Waals surface area contributed by atoms with Crippen LogP contribution in [-0.2, 0) is 0 Å². The third-order valence-electron chi connectivity index (χ3n) is 4.58. The number of rotatable bonds is 3. The van der Waals surface area contributed by atoms with Crippen LogP contribution in [0, 0.1) is 0 Å². The standard InChI is InChI=1S/C15H23N5O/c16-13-9-18-14(8-12(13)15(17)21)20-7-4-11(10-20)19-5-2-1-3-6-19/h8-9,11H,1-7,10,16H2,(H2,17,21). The van der Waals surface area contributed by atoms with Crippen LogP contribution in [0.5, 0.6) is 0 Å². The highest BCUT2D eigenvalue weighted by Crippen LogP contribution is 2.25. The Bertz CT molecular complexity index is 527. The monoisotopic (exact) mass is 289 g/mol. The Hall–Kier alpha value is -1.82. The Kier molecular flexibility index (Phi) is 3.96. The van der Waals surface area contributed by atoms with E-state index < -0.39 is 5.91 Å². The van der Waals surface area contributed by atoms with Crippen molar-refractivity contribution in [1.82, 2.24) is 9.88 Å². The van der Waals surface area contributed by atoms with Crippen LogP contribution in [-0.4, -0.2) is 48.0 Å². The summed E-state index contributed by atoms with van der Waals surface area (Å²) in [4.78, 5) is 20.6. The molecule has 0 aromatic carbocycles. The van der Waals surface area contributed by atoms with Crippen molar-refractivity contribution in [3.63, 3.8) is 0 Å². The molecule has 1 aromatic rings. The predicted molar refractivity (Wildman–Crippen MR) is 83.2 cm³/mol. The van der Waals surface area contributed by atoms with Gasteiger partial charge in [0.2, 0.25) is 0 Å². The quantitative estimate of drug-likeness (QED) is 0.860. The van der Waals surface area contributed by atoms with Crippen LogP contribution in [0.25, 0.3) is 0 Å². The van der Waals surface area contributed by atoms with E-state index in [1.165, 1.54) is 38.5 Å². The van der Waals surface area contributed by atoms with Crippen LogP contribution >= 0.6 is 0 Å². The Labute approximate surface area is 125 Å². The number of hydrogen-bond acceptors (Lipinski definition) is 5. The van der Waals surface area contributed by atoms with Crippen molar-refractivity contribution in [2.75, 3.05) is 36.8 Å². The highest BCUT2D eigenvalue weighted by molar-refractivity contribution is 5.98. The number of anilines is 2.